The molecule has 0 aromatic heterocycles. The number of hydrogen-bond donors (Lipinski definition) is 2. The first kappa shape index (κ1) is 13.9. The van der Waals surface area contributed by atoms with Crippen molar-refractivity contribution < 1.29 is 14.9 Å². The summed E-state index contributed by atoms with van der Waals surface area (Å²) in [6, 6.07) is 14.2. The fourth-order valence-corrected chi connectivity index (χ4v) is 1.44. The minimum Gasteiger partial charge on any atom is -0.508 e. The van der Waals surface area contributed by atoms with Crippen molar-refractivity contribution in [1.29, 1.82) is 0 Å². The van der Waals surface area contributed by atoms with Gasteiger partial charge in [-0.2, -0.15) is 0 Å². The van der Waals surface area contributed by atoms with Crippen molar-refractivity contribution in [1.82, 2.24) is 0 Å². The number of benzene rings is 2. The Kier molecular flexibility index (Phi) is 5.58. The van der Waals surface area contributed by atoms with Gasteiger partial charge in [0.25, 0.3) is 0 Å². The number of phenolic OH excluding ortho intramolecular Hbond substituents is 2. The van der Waals surface area contributed by atoms with Crippen LogP contribution in [0.4, 0.5) is 0 Å². The van der Waals surface area contributed by atoms with Crippen molar-refractivity contribution in [2.45, 2.75) is 13.3 Å². The fraction of sp³-hybridized carbons (Fsp3) is 0.200. The molecule has 2 aromatic rings. The average Bonchev–Trinajstić information content (AvgIpc) is 2.41. The molecular formula is C15H18O3. The second-order valence-electron chi connectivity index (χ2n) is 3.65. The molecule has 0 spiro atoms. The highest BCUT2D eigenvalue weighted by Gasteiger charge is 1.94. The van der Waals surface area contributed by atoms with E-state index in [9.17, 15) is 0 Å². The number of ether oxygens (including phenoxy) is 1. The highest BCUT2D eigenvalue weighted by atomic mass is 16.5. The van der Waals surface area contributed by atoms with Crippen LogP contribution in [0, 0.1) is 0 Å². The Morgan fingerprint density at radius 1 is 0.889 bits per heavy atom. The molecule has 18 heavy (non-hydrogen) atoms. The highest BCUT2D eigenvalue weighted by molar-refractivity contribution is 5.37. The van der Waals surface area contributed by atoms with Crippen LogP contribution in [-0.2, 0) is 6.42 Å². The van der Waals surface area contributed by atoms with Crippen LogP contribution in [0.25, 0.3) is 0 Å². The molecule has 0 amide bonds. The van der Waals surface area contributed by atoms with E-state index in [1.807, 2.05) is 25.1 Å². The van der Waals surface area contributed by atoms with Gasteiger partial charge in [-0.05, 0) is 30.2 Å². The largest absolute Gasteiger partial charge is 0.508 e. The third kappa shape index (κ3) is 4.01. The molecule has 0 aliphatic rings. The molecule has 0 fully saturated rings. The monoisotopic (exact) mass is 246 g/mol. The Labute approximate surface area is 107 Å². The van der Waals surface area contributed by atoms with Crippen molar-refractivity contribution in [3.05, 3.63) is 54.1 Å². The van der Waals surface area contributed by atoms with Gasteiger partial charge in [-0.15, -0.1) is 0 Å². The zero-order valence-electron chi connectivity index (χ0n) is 10.6. The quantitative estimate of drug-likeness (QED) is 0.854. The summed E-state index contributed by atoms with van der Waals surface area (Å²) >= 11 is 0. The zero-order valence-corrected chi connectivity index (χ0v) is 10.6. The van der Waals surface area contributed by atoms with Crippen molar-refractivity contribution in [3.63, 3.8) is 0 Å². The lowest BCUT2D eigenvalue weighted by atomic mass is 10.1. The Bertz CT molecular complexity index is 435. The summed E-state index contributed by atoms with van der Waals surface area (Å²) in [6.45, 7) is 2.02. The molecule has 0 atom stereocenters. The maximum atomic E-state index is 9.11. The normalized spacial score (nSPS) is 9.22. The molecule has 2 aromatic carbocycles. The van der Waals surface area contributed by atoms with Gasteiger partial charge in [-0.25, -0.2) is 0 Å². The van der Waals surface area contributed by atoms with Crippen LogP contribution in [0.1, 0.15) is 12.5 Å². The van der Waals surface area contributed by atoms with E-state index in [0.717, 1.165) is 12.0 Å². The van der Waals surface area contributed by atoms with Crippen LogP contribution in [0.15, 0.2) is 48.5 Å². The lowest BCUT2D eigenvalue weighted by molar-refractivity contribution is 0.373. The maximum Gasteiger partial charge on any atom is 0.160 e. The molecule has 0 aliphatic carbocycles. The molecule has 0 aliphatic heterocycles. The Morgan fingerprint density at radius 2 is 1.44 bits per heavy atom. The number of aromatic hydroxyl groups is 2. The molecular weight excluding hydrogens is 228 g/mol. The minimum atomic E-state index is 0.181. The van der Waals surface area contributed by atoms with E-state index >= 15 is 0 Å². The van der Waals surface area contributed by atoms with E-state index in [1.54, 1.807) is 30.3 Å². The number of rotatable bonds is 2. The first-order valence-corrected chi connectivity index (χ1v) is 5.77. The third-order valence-electron chi connectivity index (χ3n) is 2.46. The van der Waals surface area contributed by atoms with E-state index in [1.165, 1.54) is 7.11 Å². The van der Waals surface area contributed by atoms with Gasteiger partial charge in [0.05, 0.1) is 7.11 Å². The van der Waals surface area contributed by atoms with E-state index in [0.29, 0.717) is 11.5 Å². The number of hydrogen-bond acceptors (Lipinski definition) is 3. The fourth-order valence-electron chi connectivity index (χ4n) is 1.44. The predicted molar refractivity (Wildman–Crippen MR) is 72.1 cm³/mol. The maximum absolute atomic E-state index is 9.11. The third-order valence-corrected chi connectivity index (χ3v) is 2.46. The molecule has 0 saturated carbocycles. The van der Waals surface area contributed by atoms with Crippen molar-refractivity contribution in [2.24, 2.45) is 0 Å². The molecule has 96 valence electrons. The summed E-state index contributed by atoms with van der Waals surface area (Å²) in [7, 11) is 1.52. The van der Waals surface area contributed by atoms with Gasteiger partial charge in [0.2, 0.25) is 0 Å². The smallest absolute Gasteiger partial charge is 0.160 e. The summed E-state index contributed by atoms with van der Waals surface area (Å²) in [5.41, 5.74) is 1.01. The summed E-state index contributed by atoms with van der Waals surface area (Å²) in [5, 5.41) is 18.1. The van der Waals surface area contributed by atoms with E-state index in [-0.39, 0.29) is 5.75 Å². The Morgan fingerprint density at radius 3 is 1.83 bits per heavy atom. The molecule has 0 heterocycles. The molecule has 0 bridgehead atoms. The lowest BCUT2D eigenvalue weighted by Crippen LogP contribution is -1.80. The van der Waals surface area contributed by atoms with Gasteiger partial charge in [0, 0.05) is 0 Å². The average molecular weight is 246 g/mol. The highest BCUT2D eigenvalue weighted by Crippen LogP contribution is 2.23. The second kappa shape index (κ2) is 7.22. The molecule has 2 N–H and O–H groups in total. The van der Waals surface area contributed by atoms with E-state index in [4.69, 9.17) is 14.9 Å². The number of para-hydroxylation sites is 3. The van der Waals surface area contributed by atoms with Crippen LogP contribution in [-0.4, -0.2) is 17.3 Å². The van der Waals surface area contributed by atoms with Crippen LogP contribution < -0.4 is 4.74 Å². The number of phenols is 2. The van der Waals surface area contributed by atoms with Crippen LogP contribution in [0.2, 0.25) is 0 Å². The van der Waals surface area contributed by atoms with Crippen LogP contribution in [0.5, 0.6) is 17.2 Å². The summed E-state index contributed by atoms with van der Waals surface area (Å²) in [5.74, 6) is 1.09. The second-order valence-corrected chi connectivity index (χ2v) is 3.65. The lowest BCUT2D eigenvalue weighted by Gasteiger charge is -1.99. The number of aryl methyl sites for hydroxylation is 1. The number of methoxy groups -OCH3 is 1. The molecule has 0 saturated heterocycles. The standard InChI is InChI=1S/C8H10O.C7H8O2/c1-2-7-5-3-4-6-8(7)9;1-9-7-5-3-2-4-6(7)8/h3-6,9H,2H2,1H3;2-5,8H,1H3. The van der Waals surface area contributed by atoms with Gasteiger partial charge < -0.3 is 14.9 Å². The van der Waals surface area contributed by atoms with Gasteiger partial charge in [0.15, 0.2) is 11.5 Å². The first-order valence-electron chi connectivity index (χ1n) is 5.77. The minimum absolute atomic E-state index is 0.181. The summed E-state index contributed by atoms with van der Waals surface area (Å²) in [6.07, 6.45) is 0.896. The molecule has 0 radical (unpaired) electrons. The summed E-state index contributed by atoms with van der Waals surface area (Å²) < 4.78 is 4.79. The molecule has 3 nitrogen and oxygen atoms in total. The first-order chi connectivity index (χ1) is 8.69. The van der Waals surface area contributed by atoms with Crippen molar-refractivity contribution >= 4 is 0 Å². The van der Waals surface area contributed by atoms with Crippen LogP contribution in [0.3, 0.4) is 0 Å². The van der Waals surface area contributed by atoms with Gasteiger partial charge in [-0.3, -0.25) is 0 Å². The van der Waals surface area contributed by atoms with E-state index < -0.39 is 0 Å². The van der Waals surface area contributed by atoms with Crippen molar-refractivity contribution in [3.8, 4) is 17.2 Å². The molecule has 0 unspecified atom stereocenters. The van der Waals surface area contributed by atoms with Gasteiger partial charge in [0.1, 0.15) is 5.75 Å². The molecule has 3 heteroatoms. The van der Waals surface area contributed by atoms with Crippen LogP contribution >= 0.6 is 0 Å². The van der Waals surface area contributed by atoms with Gasteiger partial charge in [-0.1, -0.05) is 37.3 Å². The zero-order chi connectivity index (χ0) is 13.4. The SMILES string of the molecule is CCc1ccccc1O.COc1ccccc1O. The Hall–Kier alpha value is -2.16. The molecule has 2 rings (SSSR count). The Balaban J connectivity index is 0.000000180. The predicted octanol–water partition coefficient (Wildman–Crippen LogP) is 3.36. The summed E-state index contributed by atoms with van der Waals surface area (Å²) in [4.78, 5) is 0. The topological polar surface area (TPSA) is 49.7 Å². The van der Waals surface area contributed by atoms with Gasteiger partial charge >= 0.3 is 0 Å². The van der Waals surface area contributed by atoms with Crippen molar-refractivity contribution in [2.75, 3.05) is 7.11 Å². The van der Waals surface area contributed by atoms with E-state index in [2.05, 4.69) is 0 Å².